The van der Waals surface area contributed by atoms with E-state index in [1.54, 1.807) is 31.3 Å². The zero-order chi connectivity index (χ0) is 17.8. The van der Waals surface area contributed by atoms with Crippen LogP contribution in [-0.2, 0) is 6.61 Å². The van der Waals surface area contributed by atoms with Crippen molar-refractivity contribution >= 4 is 41.6 Å². The van der Waals surface area contributed by atoms with Crippen molar-refractivity contribution in [1.29, 1.82) is 0 Å². The van der Waals surface area contributed by atoms with E-state index in [1.807, 2.05) is 24.3 Å². The SMILES string of the molecule is Cc1n[nH]c(=S)n1/N=C\c1cc(Cl)ccc1OCc1cccc(Cl)c1. The van der Waals surface area contributed by atoms with Gasteiger partial charge in [0.1, 0.15) is 18.2 Å². The molecule has 0 spiro atoms. The number of aromatic nitrogens is 3. The summed E-state index contributed by atoms with van der Waals surface area (Å²) in [4.78, 5) is 0. The van der Waals surface area contributed by atoms with E-state index in [9.17, 15) is 0 Å². The fraction of sp³-hybridized carbons (Fsp3) is 0.118. The molecule has 0 saturated heterocycles. The highest BCUT2D eigenvalue weighted by molar-refractivity contribution is 7.71. The van der Waals surface area contributed by atoms with Gasteiger partial charge in [-0.05, 0) is 55.0 Å². The van der Waals surface area contributed by atoms with Gasteiger partial charge in [0.2, 0.25) is 4.77 Å². The van der Waals surface area contributed by atoms with E-state index >= 15 is 0 Å². The average molecular weight is 393 g/mol. The van der Waals surface area contributed by atoms with E-state index < -0.39 is 0 Å². The summed E-state index contributed by atoms with van der Waals surface area (Å²) in [5.74, 6) is 1.31. The van der Waals surface area contributed by atoms with Gasteiger partial charge in [-0.1, -0.05) is 35.3 Å². The zero-order valence-corrected chi connectivity index (χ0v) is 15.6. The predicted octanol–water partition coefficient (Wildman–Crippen LogP) is 5.02. The second-order valence-corrected chi connectivity index (χ2v) is 6.49. The Hall–Kier alpha value is -2.15. The monoisotopic (exact) mass is 392 g/mol. The van der Waals surface area contributed by atoms with Crippen LogP contribution in [0.1, 0.15) is 17.0 Å². The first-order chi connectivity index (χ1) is 12.0. The highest BCUT2D eigenvalue weighted by atomic mass is 35.5. The summed E-state index contributed by atoms with van der Waals surface area (Å²) in [6.45, 7) is 2.19. The minimum atomic E-state index is 0.382. The molecular formula is C17H14Cl2N4OS. The van der Waals surface area contributed by atoms with Gasteiger partial charge in [-0.15, -0.1) is 0 Å². The molecule has 3 rings (SSSR count). The maximum absolute atomic E-state index is 6.10. The molecule has 1 aromatic heterocycles. The zero-order valence-electron chi connectivity index (χ0n) is 13.2. The number of hydrogen-bond acceptors (Lipinski definition) is 4. The molecule has 0 amide bonds. The molecule has 1 N–H and O–H groups in total. The van der Waals surface area contributed by atoms with Crippen molar-refractivity contribution in [1.82, 2.24) is 14.9 Å². The molecule has 0 fully saturated rings. The average Bonchev–Trinajstić information content (AvgIpc) is 2.90. The van der Waals surface area contributed by atoms with E-state index in [0.717, 1.165) is 11.1 Å². The molecule has 0 aliphatic rings. The van der Waals surface area contributed by atoms with Gasteiger partial charge in [-0.3, -0.25) is 5.10 Å². The van der Waals surface area contributed by atoms with E-state index in [2.05, 4.69) is 15.3 Å². The summed E-state index contributed by atoms with van der Waals surface area (Å²) >= 11 is 17.2. The number of nitrogens with one attached hydrogen (secondary N) is 1. The van der Waals surface area contributed by atoms with Crippen LogP contribution in [0, 0.1) is 11.7 Å². The van der Waals surface area contributed by atoms with E-state index in [4.69, 9.17) is 40.2 Å². The van der Waals surface area contributed by atoms with Gasteiger partial charge in [0.15, 0.2) is 0 Å². The quantitative estimate of drug-likeness (QED) is 0.489. The van der Waals surface area contributed by atoms with E-state index in [1.165, 1.54) is 4.68 Å². The van der Waals surface area contributed by atoms with Crippen molar-refractivity contribution in [2.75, 3.05) is 0 Å². The highest BCUT2D eigenvalue weighted by Gasteiger charge is 2.05. The van der Waals surface area contributed by atoms with Crippen LogP contribution in [0.3, 0.4) is 0 Å². The van der Waals surface area contributed by atoms with Crippen molar-refractivity contribution in [3.05, 3.63) is 74.2 Å². The third-order valence-electron chi connectivity index (χ3n) is 3.38. The lowest BCUT2D eigenvalue weighted by Crippen LogP contribution is -2.00. The van der Waals surface area contributed by atoms with Crippen molar-refractivity contribution in [3.63, 3.8) is 0 Å². The van der Waals surface area contributed by atoms with Crippen LogP contribution in [0.2, 0.25) is 10.0 Å². The molecule has 0 aliphatic carbocycles. The number of rotatable bonds is 5. The van der Waals surface area contributed by atoms with Gasteiger partial charge in [-0.2, -0.15) is 14.9 Å². The number of H-pyrrole nitrogens is 1. The van der Waals surface area contributed by atoms with Crippen LogP contribution in [0.15, 0.2) is 47.6 Å². The number of halogens is 2. The van der Waals surface area contributed by atoms with Gasteiger partial charge < -0.3 is 4.74 Å². The van der Waals surface area contributed by atoms with Crippen LogP contribution in [0.5, 0.6) is 5.75 Å². The number of nitrogens with zero attached hydrogens (tertiary/aromatic N) is 3. The van der Waals surface area contributed by atoms with Crippen LogP contribution >= 0.6 is 35.4 Å². The molecule has 1 heterocycles. The number of aryl methyl sites for hydroxylation is 1. The molecule has 128 valence electrons. The molecule has 0 bridgehead atoms. The Labute approximate surface area is 159 Å². The Morgan fingerprint density at radius 3 is 2.76 bits per heavy atom. The van der Waals surface area contributed by atoms with E-state index in [0.29, 0.717) is 33.0 Å². The van der Waals surface area contributed by atoms with Gasteiger partial charge in [0.05, 0.1) is 6.21 Å². The first-order valence-corrected chi connectivity index (χ1v) is 8.54. The summed E-state index contributed by atoms with van der Waals surface area (Å²) in [5, 5.41) is 12.3. The summed E-state index contributed by atoms with van der Waals surface area (Å²) in [7, 11) is 0. The Kier molecular flexibility index (Phi) is 5.53. The Balaban J connectivity index is 1.84. The minimum absolute atomic E-state index is 0.382. The summed E-state index contributed by atoms with van der Waals surface area (Å²) < 4.78 is 7.84. The first-order valence-electron chi connectivity index (χ1n) is 7.38. The fourth-order valence-corrected chi connectivity index (χ4v) is 2.78. The first kappa shape index (κ1) is 17.7. The smallest absolute Gasteiger partial charge is 0.216 e. The standard InChI is InChI=1S/C17H14Cl2N4OS/c1-11-21-22-17(25)23(11)20-9-13-8-15(19)5-6-16(13)24-10-12-3-2-4-14(18)7-12/h2-9H,10H2,1H3,(H,22,25)/b20-9-. The third kappa shape index (κ3) is 4.48. The molecule has 0 saturated carbocycles. The number of benzene rings is 2. The van der Waals surface area contributed by atoms with Gasteiger partial charge in [-0.25, -0.2) is 0 Å². The van der Waals surface area contributed by atoms with Crippen molar-refractivity contribution in [3.8, 4) is 5.75 Å². The predicted molar refractivity (Wildman–Crippen MR) is 102 cm³/mol. The molecule has 0 aliphatic heterocycles. The highest BCUT2D eigenvalue weighted by Crippen LogP contribution is 2.23. The Morgan fingerprint density at radius 1 is 1.24 bits per heavy atom. The maximum Gasteiger partial charge on any atom is 0.216 e. The van der Waals surface area contributed by atoms with Crippen LogP contribution < -0.4 is 4.74 Å². The van der Waals surface area contributed by atoms with Gasteiger partial charge in [0.25, 0.3) is 0 Å². The van der Waals surface area contributed by atoms with Crippen molar-refractivity contribution < 1.29 is 4.74 Å². The molecular weight excluding hydrogens is 379 g/mol. The normalized spacial score (nSPS) is 11.2. The summed E-state index contributed by atoms with van der Waals surface area (Å²) in [6, 6.07) is 12.9. The molecule has 0 unspecified atom stereocenters. The summed E-state index contributed by atoms with van der Waals surface area (Å²) in [5.41, 5.74) is 1.70. The molecule has 3 aromatic rings. The second-order valence-electron chi connectivity index (χ2n) is 5.23. The number of hydrogen-bond donors (Lipinski definition) is 1. The molecule has 0 radical (unpaired) electrons. The largest absolute Gasteiger partial charge is 0.488 e. The topological polar surface area (TPSA) is 55.2 Å². The number of ether oxygens (including phenoxy) is 1. The van der Waals surface area contributed by atoms with Crippen LogP contribution in [-0.4, -0.2) is 21.1 Å². The third-order valence-corrected chi connectivity index (χ3v) is 4.11. The Morgan fingerprint density at radius 2 is 2.04 bits per heavy atom. The molecule has 2 aromatic carbocycles. The van der Waals surface area contributed by atoms with Crippen molar-refractivity contribution in [2.45, 2.75) is 13.5 Å². The Bertz CT molecular complexity index is 981. The molecule has 25 heavy (non-hydrogen) atoms. The molecule has 0 atom stereocenters. The fourth-order valence-electron chi connectivity index (χ4n) is 2.17. The van der Waals surface area contributed by atoms with E-state index in [-0.39, 0.29) is 0 Å². The molecule has 5 nitrogen and oxygen atoms in total. The van der Waals surface area contributed by atoms with Crippen LogP contribution in [0.4, 0.5) is 0 Å². The lowest BCUT2D eigenvalue weighted by molar-refractivity contribution is 0.306. The lowest BCUT2D eigenvalue weighted by atomic mass is 10.2. The van der Waals surface area contributed by atoms with Gasteiger partial charge in [0, 0.05) is 15.6 Å². The number of aromatic amines is 1. The maximum atomic E-state index is 6.10. The lowest BCUT2D eigenvalue weighted by Gasteiger charge is -2.10. The van der Waals surface area contributed by atoms with Crippen molar-refractivity contribution in [2.24, 2.45) is 5.10 Å². The van der Waals surface area contributed by atoms with Gasteiger partial charge >= 0.3 is 0 Å². The molecule has 8 heteroatoms. The summed E-state index contributed by atoms with van der Waals surface area (Å²) in [6.07, 6.45) is 1.64. The second kappa shape index (κ2) is 7.82. The van der Waals surface area contributed by atoms with Crippen LogP contribution in [0.25, 0.3) is 0 Å². The minimum Gasteiger partial charge on any atom is -0.488 e.